The SMILES string of the molecule is O=C(O)C(Cc1ccccc1)C(O)CC(O)c1ccoc1. The van der Waals surface area contributed by atoms with Crippen LogP contribution in [0.4, 0.5) is 0 Å². The molecule has 0 aliphatic carbocycles. The molecular weight excluding hydrogens is 272 g/mol. The summed E-state index contributed by atoms with van der Waals surface area (Å²) in [6.45, 7) is 0. The van der Waals surface area contributed by atoms with Crippen LogP contribution in [0.15, 0.2) is 53.3 Å². The van der Waals surface area contributed by atoms with Crippen LogP contribution in [0.5, 0.6) is 0 Å². The highest BCUT2D eigenvalue weighted by Crippen LogP contribution is 2.24. The normalized spacial score (nSPS) is 15.3. The average Bonchev–Trinajstić information content (AvgIpc) is 2.99. The van der Waals surface area contributed by atoms with Gasteiger partial charge < -0.3 is 19.7 Å². The first-order valence-corrected chi connectivity index (χ1v) is 6.73. The van der Waals surface area contributed by atoms with Crippen LogP contribution >= 0.6 is 0 Å². The van der Waals surface area contributed by atoms with Gasteiger partial charge in [-0.25, -0.2) is 0 Å². The van der Waals surface area contributed by atoms with Crippen LogP contribution in [0.3, 0.4) is 0 Å². The van der Waals surface area contributed by atoms with E-state index in [2.05, 4.69) is 0 Å². The summed E-state index contributed by atoms with van der Waals surface area (Å²) in [5.41, 5.74) is 1.36. The lowest BCUT2D eigenvalue weighted by Gasteiger charge is -2.21. The number of carboxylic acids is 1. The van der Waals surface area contributed by atoms with E-state index in [-0.39, 0.29) is 12.8 Å². The highest BCUT2D eigenvalue weighted by molar-refractivity contribution is 5.71. The van der Waals surface area contributed by atoms with Gasteiger partial charge >= 0.3 is 5.97 Å². The molecule has 3 atom stereocenters. The Morgan fingerprint density at radius 3 is 2.43 bits per heavy atom. The number of benzene rings is 1. The van der Waals surface area contributed by atoms with Crippen LogP contribution in [0, 0.1) is 5.92 Å². The summed E-state index contributed by atoms with van der Waals surface area (Å²) in [5, 5.41) is 29.4. The largest absolute Gasteiger partial charge is 0.481 e. The number of aliphatic hydroxyl groups excluding tert-OH is 2. The minimum Gasteiger partial charge on any atom is -0.481 e. The standard InChI is InChI=1S/C16H18O5/c17-14(12-6-7-21-10-12)9-15(18)13(16(19)20)8-11-4-2-1-3-5-11/h1-7,10,13-15,17-18H,8-9H2,(H,19,20). The summed E-state index contributed by atoms with van der Waals surface area (Å²) in [4.78, 5) is 11.4. The fraction of sp³-hybridized carbons (Fsp3) is 0.312. The van der Waals surface area contributed by atoms with Gasteiger partial charge in [0, 0.05) is 12.0 Å². The lowest BCUT2D eigenvalue weighted by Crippen LogP contribution is -2.31. The zero-order valence-corrected chi connectivity index (χ0v) is 11.4. The third kappa shape index (κ3) is 4.18. The topological polar surface area (TPSA) is 90.9 Å². The van der Waals surface area contributed by atoms with Crippen LogP contribution < -0.4 is 0 Å². The molecule has 2 rings (SSSR count). The molecule has 0 saturated heterocycles. The zero-order valence-electron chi connectivity index (χ0n) is 11.4. The van der Waals surface area contributed by atoms with E-state index in [0.717, 1.165) is 5.56 Å². The Kier molecular flexibility index (Phi) is 5.14. The number of aliphatic hydroxyl groups is 2. The first-order chi connectivity index (χ1) is 10.1. The minimum absolute atomic E-state index is 0.0522. The summed E-state index contributed by atoms with van der Waals surface area (Å²) in [7, 11) is 0. The molecule has 2 aromatic rings. The van der Waals surface area contributed by atoms with Gasteiger partial charge in [0.15, 0.2) is 0 Å². The van der Waals surface area contributed by atoms with Gasteiger partial charge in [0.25, 0.3) is 0 Å². The van der Waals surface area contributed by atoms with Gasteiger partial charge in [-0.2, -0.15) is 0 Å². The molecular formula is C16H18O5. The van der Waals surface area contributed by atoms with Crippen molar-refractivity contribution in [3.8, 4) is 0 Å². The molecule has 0 radical (unpaired) electrons. The van der Waals surface area contributed by atoms with E-state index in [1.54, 1.807) is 6.07 Å². The zero-order chi connectivity index (χ0) is 15.2. The molecule has 5 nitrogen and oxygen atoms in total. The molecule has 3 unspecified atom stereocenters. The third-order valence-corrected chi connectivity index (χ3v) is 3.47. The van der Waals surface area contributed by atoms with Gasteiger partial charge in [0.05, 0.1) is 30.7 Å². The predicted octanol–water partition coefficient (Wildman–Crippen LogP) is 2.01. The molecule has 0 fully saturated rings. The van der Waals surface area contributed by atoms with Gasteiger partial charge in [0.2, 0.25) is 0 Å². The van der Waals surface area contributed by atoms with Gasteiger partial charge in [0.1, 0.15) is 0 Å². The Morgan fingerprint density at radius 2 is 1.86 bits per heavy atom. The molecule has 0 saturated carbocycles. The molecule has 0 bridgehead atoms. The van der Waals surface area contributed by atoms with Crippen LogP contribution in [0.1, 0.15) is 23.7 Å². The van der Waals surface area contributed by atoms with Crippen LogP contribution in [0.2, 0.25) is 0 Å². The Bertz CT molecular complexity index is 549. The van der Waals surface area contributed by atoms with Gasteiger partial charge in [-0.15, -0.1) is 0 Å². The summed E-state index contributed by atoms with van der Waals surface area (Å²) in [6.07, 6.45) is 0.871. The third-order valence-electron chi connectivity index (χ3n) is 3.47. The van der Waals surface area contributed by atoms with Crippen LogP contribution in [0.25, 0.3) is 0 Å². The van der Waals surface area contributed by atoms with Crippen molar-refractivity contribution in [2.45, 2.75) is 25.0 Å². The fourth-order valence-electron chi connectivity index (χ4n) is 2.25. The molecule has 112 valence electrons. The fourth-order valence-corrected chi connectivity index (χ4v) is 2.25. The maximum atomic E-state index is 11.4. The second-order valence-corrected chi connectivity index (χ2v) is 5.01. The van der Waals surface area contributed by atoms with E-state index in [0.29, 0.717) is 5.56 Å². The maximum absolute atomic E-state index is 11.4. The van der Waals surface area contributed by atoms with Crippen LogP contribution in [-0.2, 0) is 11.2 Å². The first-order valence-electron chi connectivity index (χ1n) is 6.73. The number of hydrogen-bond acceptors (Lipinski definition) is 4. The van der Waals surface area contributed by atoms with Crippen molar-refractivity contribution < 1.29 is 24.5 Å². The van der Waals surface area contributed by atoms with Crippen molar-refractivity contribution in [2.75, 3.05) is 0 Å². The maximum Gasteiger partial charge on any atom is 0.309 e. The van der Waals surface area contributed by atoms with E-state index in [1.807, 2.05) is 30.3 Å². The minimum atomic E-state index is -1.15. The predicted molar refractivity (Wildman–Crippen MR) is 75.6 cm³/mol. The number of furan rings is 1. The smallest absolute Gasteiger partial charge is 0.309 e. The lowest BCUT2D eigenvalue weighted by atomic mass is 9.90. The summed E-state index contributed by atoms with van der Waals surface area (Å²) in [6, 6.07) is 10.7. The molecule has 1 heterocycles. The molecule has 0 aliphatic rings. The number of hydrogen-bond donors (Lipinski definition) is 3. The Labute approximate surface area is 122 Å². The second kappa shape index (κ2) is 7.06. The molecule has 0 spiro atoms. The molecule has 0 amide bonds. The molecule has 1 aromatic heterocycles. The molecule has 21 heavy (non-hydrogen) atoms. The summed E-state index contributed by atoms with van der Waals surface area (Å²) >= 11 is 0. The monoisotopic (exact) mass is 290 g/mol. The molecule has 5 heteroatoms. The number of rotatable bonds is 7. The van der Waals surface area contributed by atoms with Crippen molar-refractivity contribution in [2.24, 2.45) is 5.92 Å². The molecule has 1 aromatic carbocycles. The number of aliphatic carboxylic acids is 1. The van der Waals surface area contributed by atoms with Crippen molar-refractivity contribution in [3.05, 3.63) is 60.1 Å². The number of carboxylic acid groups (broad SMARTS) is 1. The van der Waals surface area contributed by atoms with Gasteiger partial charge in [-0.1, -0.05) is 30.3 Å². The van der Waals surface area contributed by atoms with E-state index < -0.39 is 24.1 Å². The van der Waals surface area contributed by atoms with E-state index >= 15 is 0 Å². The van der Waals surface area contributed by atoms with Crippen molar-refractivity contribution in [1.29, 1.82) is 0 Å². The van der Waals surface area contributed by atoms with Crippen LogP contribution in [-0.4, -0.2) is 27.4 Å². The van der Waals surface area contributed by atoms with E-state index in [4.69, 9.17) is 4.42 Å². The molecule has 3 N–H and O–H groups in total. The van der Waals surface area contributed by atoms with Gasteiger partial charge in [-0.05, 0) is 18.1 Å². The lowest BCUT2D eigenvalue weighted by molar-refractivity contribution is -0.146. The summed E-state index contributed by atoms with van der Waals surface area (Å²) < 4.78 is 4.86. The van der Waals surface area contributed by atoms with E-state index in [1.165, 1.54) is 12.5 Å². The first kappa shape index (κ1) is 15.3. The van der Waals surface area contributed by atoms with Crippen molar-refractivity contribution in [3.63, 3.8) is 0 Å². The van der Waals surface area contributed by atoms with Gasteiger partial charge in [-0.3, -0.25) is 4.79 Å². The Hall–Kier alpha value is -2.11. The highest BCUT2D eigenvalue weighted by atomic mass is 16.4. The average molecular weight is 290 g/mol. The Balaban J connectivity index is 2.02. The Morgan fingerprint density at radius 1 is 1.14 bits per heavy atom. The summed E-state index contributed by atoms with van der Waals surface area (Å²) in [5.74, 6) is -2.04. The highest BCUT2D eigenvalue weighted by Gasteiger charge is 2.29. The quantitative estimate of drug-likeness (QED) is 0.725. The van der Waals surface area contributed by atoms with Crippen molar-refractivity contribution >= 4 is 5.97 Å². The number of carbonyl (C=O) groups is 1. The van der Waals surface area contributed by atoms with E-state index in [9.17, 15) is 20.1 Å². The molecule has 0 aliphatic heterocycles. The second-order valence-electron chi connectivity index (χ2n) is 5.01. The van der Waals surface area contributed by atoms with Crippen molar-refractivity contribution in [1.82, 2.24) is 0 Å².